The van der Waals surface area contributed by atoms with E-state index in [1.54, 1.807) is 48.8 Å². The summed E-state index contributed by atoms with van der Waals surface area (Å²) in [6.45, 7) is 11.9. The zero-order valence-electron chi connectivity index (χ0n) is 24.9. The largest absolute Gasteiger partial charge is 0.491 e. The van der Waals surface area contributed by atoms with E-state index in [1.807, 2.05) is 20.8 Å². The summed E-state index contributed by atoms with van der Waals surface area (Å²) in [5, 5.41) is 2.93. The summed E-state index contributed by atoms with van der Waals surface area (Å²) in [6, 6.07) is 5.94. The number of carbonyl (C=O) groups is 3. The zero-order chi connectivity index (χ0) is 31.3. The van der Waals surface area contributed by atoms with E-state index in [9.17, 15) is 18.8 Å². The van der Waals surface area contributed by atoms with Crippen molar-refractivity contribution in [1.82, 2.24) is 14.8 Å². The van der Waals surface area contributed by atoms with Gasteiger partial charge in [0.2, 0.25) is 0 Å². The van der Waals surface area contributed by atoms with E-state index in [2.05, 4.69) is 10.3 Å². The van der Waals surface area contributed by atoms with Crippen molar-refractivity contribution in [2.75, 3.05) is 31.6 Å². The summed E-state index contributed by atoms with van der Waals surface area (Å²) < 4.78 is 32.0. The summed E-state index contributed by atoms with van der Waals surface area (Å²) in [4.78, 5) is 46.5. The van der Waals surface area contributed by atoms with Gasteiger partial charge in [-0.2, -0.15) is 0 Å². The van der Waals surface area contributed by atoms with E-state index in [4.69, 9.17) is 25.8 Å². The molecule has 3 heterocycles. The molecular formula is C30H34ClFN4O6S. The minimum atomic E-state index is -0.714. The fourth-order valence-electron chi connectivity index (χ4n) is 5.02. The van der Waals surface area contributed by atoms with Gasteiger partial charge in [0.1, 0.15) is 17.0 Å². The van der Waals surface area contributed by atoms with Gasteiger partial charge in [-0.15, -0.1) is 0 Å². The second-order valence-electron chi connectivity index (χ2n) is 12.4. The molecule has 2 aliphatic rings. The number of aromatic nitrogens is 1. The number of fused-ring (bicyclic) bond motifs is 3. The molecule has 0 spiro atoms. The number of thiazole rings is 1. The van der Waals surface area contributed by atoms with Crippen LogP contribution in [0, 0.1) is 5.82 Å². The molecule has 0 bridgehead atoms. The predicted molar refractivity (Wildman–Crippen MR) is 163 cm³/mol. The van der Waals surface area contributed by atoms with Gasteiger partial charge < -0.3 is 24.0 Å². The number of piperazine rings is 1. The molecule has 1 N–H and O–H groups in total. The Bertz CT molecular complexity index is 1600. The first-order chi connectivity index (χ1) is 20.1. The quantitative estimate of drug-likeness (QED) is 0.326. The van der Waals surface area contributed by atoms with Crippen LogP contribution in [0.1, 0.15) is 58.3 Å². The molecule has 2 aromatic carbocycles. The number of halogens is 2. The number of benzene rings is 2. The maximum atomic E-state index is 14.8. The Morgan fingerprint density at radius 1 is 1.05 bits per heavy atom. The number of nitrogens with zero attached hydrogens (tertiary/aromatic N) is 3. The average molecular weight is 633 g/mol. The molecule has 230 valence electrons. The van der Waals surface area contributed by atoms with Gasteiger partial charge in [-0.25, -0.2) is 19.0 Å². The second kappa shape index (κ2) is 11.5. The predicted octanol–water partition coefficient (Wildman–Crippen LogP) is 6.95. The highest BCUT2D eigenvalue weighted by atomic mass is 35.5. The van der Waals surface area contributed by atoms with Crippen LogP contribution >= 0.6 is 22.9 Å². The van der Waals surface area contributed by atoms with Crippen LogP contribution in [0.3, 0.4) is 0 Å². The molecule has 5 rings (SSSR count). The smallest absolute Gasteiger partial charge is 0.413 e. The van der Waals surface area contributed by atoms with Crippen LogP contribution < -0.4 is 10.1 Å². The number of amides is 3. The van der Waals surface area contributed by atoms with Crippen molar-refractivity contribution in [3.8, 4) is 16.9 Å². The Hall–Kier alpha value is -3.64. The number of rotatable bonds is 2. The lowest BCUT2D eigenvalue weighted by molar-refractivity contribution is 0.00109. The lowest BCUT2D eigenvalue weighted by Gasteiger charge is -2.42. The van der Waals surface area contributed by atoms with Crippen LogP contribution in [-0.2, 0) is 9.47 Å². The van der Waals surface area contributed by atoms with Crippen LogP contribution in [0.25, 0.3) is 21.3 Å². The first kappa shape index (κ1) is 30.8. The molecule has 1 aromatic heterocycles. The van der Waals surface area contributed by atoms with Crippen LogP contribution in [0.2, 0.25) is 5.02 Å². The first-order valence-corrected chi connectivity index (χ1v) is 15.1. The zero-order valence-corrected chi connectivity index (χ0v) is 26.5. The van der Waals surface area contributed by atoms with E-state index >= 15 is 0 Å². The van der Waals surface area contributed by atoms with E-state index in [0.717, 1.165) is 11.3 Å². The third-order valence-electron chi connectivity index (χ3n) is 6.81. The van der Waals surface area contributed by atoms with Crippen molar-refractivity contribution in [2.24, 2.45) is 0 Å². The molecule has 1 fully saturated rings. The third kappa shape index (κ3) is 6.65. The molecule has 0 saturated carbocycles. The minimum absolute atomic E-state index is 0.168. The molecule has 13 heteroatoms. The number of ether oxygens (including phenoxy) is 3. The average Bonchev–Trinajstić information content (AvgIpc) is 3.31. The van der Waals surface area contributed by atoms with Crippen molar-refractivity contribution in [2.45, 2.75) is 65.2 Å². The molecule has 10 nitrogen and oxygen atoms in total. The van der Waals surface area contributed by atoms with Gasteiger partial charge in [-0.1, -0.05) is 29.0 Å². The van der Waals surface area contributed by atoms with Gasteiger partial charge in [0.05, 0.1) is 33.5 Å². The fraction of sp³-hybridized carbons (Fsp3) is 0.467. The molecule has 0 radical (unpaired) electrons. The SMILES string of the molecule is CC(C)(C)OC(=O)Nc1nc2c(-c3ccc4c(c3Cl)OCCC3CN(C(=O)OC(C)(C)C)CCN3C4=O)ccc(F)c2s1. The van der Waals surface area contributed by atoms with E-state index in [0.29, 0.717) is 48.3 Å². The first-order valence-electron chi connectivity index (χ1n) is 13.9. The van der Waals surface area contributed by atoms with Gasteiger partial charge in [-0.05, 0) is 59.7 Å². The van der Waals surface area contributed by atoms with E-state index in [-0.39, 0.29) is 39.2 Å². The number of anilines is 1. The number of nitrogens with one attached hydrogen (secondary N) is 1. The van der Waals surface area contributed by atoms with Crippen molar-refractivity contribution < 1.29 is 33.0 Å². The second-order valence-corrected chi connectivity index (χ2v) is 13.8. The molecule has 0 aliphatic carbocycles. The normalized spacial score (nSPS) is 17.4. The maximum absolute atomic E-state index is 14.8. The van der Waals surface area contributed by atoms with Gasteiger partial charge in [0.25, 0.3) is 5.91 Å². The van der Waals surface area contributed by atoms with Gasteiger partial charge in [0, 0.05) is 37.2 Å². The summed E-state index contributed by atoms with van der Waals surface area (Å²) in [5.41, 5.74) is 0.279. The minimum Gasteiger partial charge on any atom is -0.491 e. The summed E-state index contributed by atoms with van der Waals surface area (Å²) >= 11 is 7.86. The number of hydrogen-bond donors (Lipinski definition) is 1. The monoisotopic (exact) mass is 632 g/mol. The van der Waals surface area contributed by atoms with Crippen LogP contribution in [0.15, 0.2) is 24.3 Å². The summed E-state index contributed by atoms with van der Waals surface area (Å²) in [5.74, 6) is -0.519. The van der Waals surface area contributed by atoms with Crippen LogP contribution in [-0.4, -0.2) is 76.4 Å². The lowest BCUT2D eigenvalue weighted by atomic mass is 9.99. The molecule has 3 aromatic rings. The van der Waals surface area contributed by atoms with Crippen LogP contribution in [0.5, 0.6) is 5.75 Å². The molecule has 1 saturated heterocycles. The van der Waals surface area contributed by atoms with E-state index < -0.39 is 29.2 Å². The summed E-state index contributed by atoms with van der Waals surface area (Å²) in [7, 11) is 0. The highest BCUT2D eigenvalue weighted by Gasteiger charge is 2.37. The van der Waals surface area contributed by atoms with Gasteiger partial charge in [0.15, 0.2) is 10.9 Å². The molecular weight excluding hydrogens is 599 g/mol. The molecule has 1 unspecified atom stereocenters. The molecule has 2 aliphatic heterocycles. The van der Waals surface area contributed by atoms with Crippen LogP contribution in [0.4, 0.5) is 19.1 Å². The van der Waals surface area contributed by atoms with Gasteiger partial charge in [-0.3, -0.25) is 10.1 Å². The Morgan fingerprint density at radius 3 is 2.42 bits per heavy atom. The Labute approximate surface area is 258 Å². The highest BCUT2D eigenvalue weighted by molar-refractivity contribution is 7.22. The highest BCUT2D eigenvalue weighted by Crippen LogP contribution is 2.43. The molecule has 1 atom stereocenters. The number of carbonyl (C=O) groups excluding carboxylic acids is 3. The molecule has 43 heavy (non-hydrogen) atoms. The topological polar surface area (TPSA) is 110 Å². The Balaban J connectivity index is 1.43. The van der Waals surface area contributed by atoms with Crippen molar-refractivity contribution in [3.63, 3.8) is 0 Å². The standard InChI is InChI=1S/C30H34ClFN4O6S/c1-29(2,3)41-27(38)34-26-33-22-18(9-10-20(32)24(22)43-26)17-7-8-19-23(21(17)31)40-14-11-16-15-35(12-13-36(16)25(19)37)28(39)42-30(4,5)6/h7-10,16H,11-15H2,1-6H3,(H,33,34,38). The van der Waals surface area contributed by atoms with Crippen molar-refractivity contribution >= 4 is 56.4 Å². The number of hydrogen-bond acceptors (Lipinski definition) is 8. The lowest BCUT2D eigenvalue weighted by Crippen LogP contribution is -2.58. The third-order valence-corrected chi connectivity index (χ3v) is 8.17. The van der Waals surface area contributed by atoms with E-state index in [1.165, 1.54) is 6.07 Å². The molecule has 3 amide bonds. The summed E-state index contributed by atoms with van der Waals surface area (Å²) in [6.07, 6.45) is -0.630. The Morgan fingerprint density at radius 2 is 1.72 bits per heavy atom. The van der Waals surface area contributed by atoms with Gasteiger partial charge >= 0.3 is 12.2 Å². The van der Waals surface area contributed by atoms with Crippen molar-refractivity contribution in [3.05, 3.63) is 40.7 Å². The Kier molecular flexibility index (Phi) is 8.21. The van der Waals surface area contributed by atoms with Crippen molar-refractivity contribution in [1.29, 1.82) is 0 Å². The fourth-order valence-corrected chi connectivity index (χ4v) is 6.23. The maximum Gasteiger partial charge on any atom is 0.413 e.